The number of hydrogen-bond acceptors (Lipinski definition) is 7. The van der Waals surface area contributed by atoms with E-state index in [1.807, 2.05) is 31.2 Å². The van der Waals surface area contributed by atoms with Crippen molar-refractivity contribution in [3.8, 4) is 17.1 Å². The minimum Gasteiger partial charge on any atom is -0.493 e. The van der Waals surface area contributed by atoms with E-state index in [1.54, 1.807) is 11.9 Å². The Balaban J connectivity index is 1.34. The van der Waals surface area contributed by atoms with Crippen LogP contribution in [0.15, 0.2) is 28.8 Å². The lowest BCUT2D eigenvalue weighted by molar-refractivity contribution is -0.152. The SMILES string of the molecule is COC(=O)[C@@H]1CC[C@H]1COc1ccc(-c2onc(C)c2COC(=O)N(C)C2CCCC2)cc1. The molecule has 1 amide bonds. The third kappa shape index (κ3) is 5.15. The summed E-state index contributed by atoms with van der Waals surface area (Å²) in [5.74, 6) is 1.27. The maximum atomic E-state index is 12.5. The number of aryl methyl sites for hydroxylation is 1. The van der Waals surface area contributed by atoms with Crippen LogP contribution in [0.4, 0.5) is 4.79 Å². The van der Waals surface area contributed by atoms with Crippen LogP contribution in [0.2, 0.25) is 0 Å². The van der Waals surface area contributed by atoms with Crippen LogP contribution in [0.1, 0.15) is 49.8 Å². The number of benzene rings is 1. The second-order valence-corrected chi connectivity index (χ2v) is 8.98. The summed E-state index contributed by atoms with van der Waals surface area (Å²) in [6, 6.07) is 7.77. The van der Waals surface area contributed by atoms with Gasteiger partial charge in [-0.15, -0.1) is 0 Å². The molecule has 1 aromatic carbocycles. The zero-order valence-electron chi connectivity index (χ0n) is 19.5. The lowest BCUT2D eigenvalue weighted by Gasteiger charge is -2.33. The molecule has 178 valence electrons. The van der Waals surface area contributed by atoms with Gasteiger partial charge in [0.25, 0.3) is 0 Å². The molecule has 4 rings (SSSR count). The van der Waals surface area contributed by atoms with Gasteiger partial charge in [-0.3, -0.25) is 4.79 Å². The van der Waals surface area contributed by atoms with Crippen LogP contribution >= 0.6 is 0 Å². The summed E-state index contributed by atoms with van der Waals surface area (Å²) in [6.45, 7) is 2.43. The number of nitrogens with zero attached hydrogens (tertiary/aromatic N) is 2. The van der Waals surface area contributed by atoms with E-state index in [9.17, 15) is 9.59 Å². The van der Waals surface area contributed by atoms with Crippen molar-refractivity contribution in [3.63, 3.8) is 0 Å². The van der Waals surface area contributed by atoms with Gasteiger partial charge < -0.3 is 23.6 Å². The first-order chi connectivity index (χ1) is 16.0. The van der Waals surface area contributed by atoms with Crippen molar-refractivity contribution in [2.45, 2.75) is 58.1 Å². The molecule has 0 unspecified atom stereocenters. The van der Waals surface area contributed by atoms with Gasteiger partial charge >= 0.3 is 12.1 Å². The highest BCUT2D eigenvalue weighted by Gasteiger charge is 2.37. The highest BCUT2D eigenvalue weighted by Crippen LogP contribution is 2.36. The van der Waals surface area contributed by atoms with Crippen LogP contribution in [0.5, 0.6) is 5.75 Å². The van der Waals surface area contributed by atoms with Gasteiger partial charge in [0.15, 0.2) is 5.76 Å². The van der Waals surface area contributed by atoms with Crippen LogP contribution in [0.3, 0.4) is 0 Å². The van der Waals surface area contributed by atoms with E-state index in [0.717, 1.165) is 55.4 Å². The topological polar surface area (TPSA) is 91.1 Å². The van der Waals surface area contributed by atoms with Gasteiger partial charge in [-0.1, -0.05) is 18.0 Å². The predicted molar refractivity (Wildman–Crippen MR) is 121 cm³/mol. The summed E-state index contributed by atoms with van der Waals surface area (Å²) in [7, 11) is 3.22. The molecule has 2 aliphatic rings. The molecule has 0 aliphatic heterocycles. The third-order valence-corrected chi connectivity index (χ3v) is 6.99. The minimum atomic E-state index is -0.321. The van der Waals surface area contributed by atoms with Crippen molar-refractivity contribution in [1.29, 1.82) is 0 Å². The smallest absolute Gasteiger partial charge is 0.410 e. The normalized spacial score (nSPS) is 20.2. The zero-order valence-corrected chi connectivity index (χ0v) is 19.5. The number of methoxy groups -OCH3 is 1. The van der Waals surface area contributed by atoms with Gasteiger partial charge in [0.05, 0.1) is 30.9 Å². The first-order valence-electron chi connectivity index (χ1n) is 11.6. The summed E-state index contributed by atoms with van der Waals surface area (Å²) in [4.78, 5) is 25.9. The molecule has 8 heteroatoms. The van der Waals surface area contributed by atoms with Crippen LogP contribution in [0.25, 0.3) is 11.3 Å². The highest BCUT2D eigenvalue weighted by atomic mass is 16.6. The first kappa shape index (κ1) is 23.1. The fourth-order valence-electron chi connectivity index (χ4n) is 4.60. The molecule has 1 heterocycles. The molecule has 33 heavy (non-hydrogen) atoms. The average Bonchev–Trinajstić information content (AvgIpc) is 3.47. The van der Waals surface area contributed by atoms with E-state index in [1.165, 1.54) is 7.11 Å². The van der Waals surface area contributed by atoms with E-state index >= 15 is 0 Å². The third-order valence-electron chi connectivity index (χ3n) is 6.99. The molecule has 0 N–H and O–H groups in total. The summed E-state index contributed by atoms with van der Waals surface area (Å²) in [5.41, 5.74) is 2.28. The molecular weight excluding hydrogens is 424 g/mol. The van der Waals surface area contributed by atoms with Crippen molar-refractivity contribution in [2.75, 3.05) is 20.8 Å². The molecule has 2 aromatic rings. The van der Waals surface area contributed by atoms with Crippen LogP contribution in [-0.2, 0) is 20.9 Å². The van der Waals surface area contributed by atoms with Gasteiger partial charge in [0, 0.05) is 24.6 Å². The van der Waals surface area contributed by atoms with Gasteiger partial charge in [-0.2, -0.15) is 0 Å². The van der Waals surface area contributed by atoms with Gasteiger partial charge in [-0.05, 0) is 56.9 Å². The molecule has 8 nitrogen and oxygen atoms in total. The predicted octanol–water partition coefficient (Wildman–Crippen LogP) is 4.74. The molecule has 0 bridgehead atoms. The van der Waals surface area contributed by atoms with Crippen LogP contribution in [0, 0.1) is 18.8 Å². The second kappa shape index (κ2) is 10.3. The Labute approximate surface area is 194 Å². The van der Waals surface area contributed by atoms with Crippen molar-refractivity contribution in [2.24, 2.45) is 11.8 Å². The summed E-state index contributed by atoms with van der Waals surface area (Å²) in [6.07, 6.45) is 5.87. The Kier molecular flexibility index (Phi) is 7.20. The second-order valence-electron chi connectivity index (χ2n) is 8.98. The lowest BCUT2D eigenvalue weighted by atomic mass is 9.74. The molecule has 0 saturated heterocycles. The summed E-state index contributed by atoms with van der Waals surface area (Å²) >= 11 is 0. The molecule has 2 fully saturated rings. The Morgan fingerprint density at radius 1 is 1.12 bits per heavy atom. The summed E-state index contributed by atoms with van der Waals surface area (Å²) in [5, 5.41) is 4.07. The number of hydrogen-bond donors (Lipinski definition) is 0. The molecule has 1 aromatic heterocycles. The average molecular weight is 457 g/mol. The number of aromatic nitrogens is 1. The number of carbonyl (C=O) groups excluding carboxylic acids is 2. The van der Waals surface area contributed by atoms with Crippen molar-refractivity contribution in [1.82, 2.24) is 10.1 Å². The fourth-order valence-corrected chi connectivity index (χ4v) is 4.60. The standard InChI is InChI=1S/C25H32N2O6/c1-16-22(15-32-25(29)27(2)19-6-4-5-7-19)23(33-26-16)17-8-11-20(12-9-17)31-14-18-10-13-21(18)24(28)30-3/h8-9,11-12,18-19,21H,4-7,10,13-15H2,1-3H3/t18-,21+/m0/s1. The molecule has 2 aliphatic carbocycles. The summed E-state index contributed by atoms with van der Waals surface area (Å²) < 4.78 is 21.8. The Hall–Kier alpha value is -3.03. The maximum Gasteiger partial charge on any atom is 0.410 e. The highest BCUT2D eigenvalue weighted by molar-refractivity contribution is 5.73. The first-order valence-corrected chi connectivity index (χ1v) is 11.6. The van der Waals surface area contributed by atoms with Crippen molar-refractivity contribution in [3.05, 3.63) is 35.5 Å². The van der Waals surface area contributed by atoms with E-state index in [2.05, 4.69) is 5.16 Å². The Bertz CT molecular complexity index is 964. The van der Waals surface area contributed by atoms with Crippen LogP contribution < -0.4 is 4.74 Å². The molecule has 2 saturated carbocycles. The van der Waals surface area contributed by atoms with Gasteiger partial charge in [0.2, 0.25) is 0 Å². The van der Waals surface area contributed by atoms with Crippen molar-refractivity contribution < 1.29 is 28.3 Å². The Morgan fingerprint density at radius 3 is 2.48 bits per heavy atom. The fraction of sp³-hybridized carbons (Fsp3) is 0.560. The van der Waals surface area contributed by atoms with Gasteiger partial charge in [0.1, 0.15) is 12.4 Å². The largest absolute Gasteiger partial charge is 0.493 e. The number of carbonyl (C=O) groups is 2. The van der Waals surface area contributed by atoms with E-state index in [4.69, 9.17) is 18.7 Å². The van der Waals surface area contributed by atoms with Crippen LogP contribution in [-0.4, -0.2) is 48.9 Å². The Morgan fingerprint density at radius 2 is 1.85 bits per heavy atom. The minimum absolute atomic E-state index is 0.0653. The van der Waals surface area contributed by atoms with E-state index in [0.29, 0.717) is 18.1 Å². The number of esters is 1. The lowest BCUT2D eigenvalue weighted by Crippen LogP contribution is -2.37. The van der Waals surface area contributed by atoms with Gasteiger partial charge in [-0.25, -0.2) is 4.79 Å². The van der Waals surface area contributed by atoms with Crippen molar-refractivity contribution >= 4 is 12.1 Å². The molecular formula is C25H32N2O6. The number of ether oxygens (including phenoxy) is 3. The quantitative estimate of drug-likeness (QED) is 0.530. The molecule has 2 atom stereocenters. The molecule has 0 spiro atoms. The van der Waals surface area contributed by atoms with E-state index in [-0.39, 0.29) is 36.5 Å². The zero-order chi connectivity index (χ0) is 23.4. The number of rotatable bonds is 8. The number of amides is 1. The van der Waals surface area contributed by atoms with E-state index < -0.39 is 0 Å². The maximum absolute atomic E-state index is 12.5. The molecule has 0 radical (unpaired) electrons. The monoisotopic (exact) mass is 456 g/mol.